The van der Waals surface area contributed by atoms with Gasteiger partial charge < -0.3 is 14.7 Å². The summed E-state index contributed by atoms with van der Waals surface area (Å²) in [5.41, 5.74) is -0.820. The highest BCUT2D eigenvalue weighted by atomic mass is 16.6. The van der Waals surface area contributed by atoms with Crippen LogP contribution in [0.5, 0.6) is 0 Å². The van der Waals surface area contributed by atoms with Crippen LogP contribution in [0.3, 0.4) is 0 Å². The summed E-state index contributed by atoms with van der Waals surface area (Å²) in [6, 6.07) is 3.56. The van der Waals surface area contributed by atoms with Gasteiger partial charge in [0.2, 0.25) is 0 Å². The average Bonchev–Trinajstić information content (AvgIpc) is 2.94. The maximum absolute atomic E-state index is 12.6. The number of pyridine rings is 1. The third-order valence-electron chi connectivity index (χ3n) is 3.38. The van der Waals surface area contributed by atoms with Gasteiger partial charge in [-0.05, 0) is 45.7 Å². The van der Waals surface area contributed by atoms with Gasteiger partial charge in [-0.1, -0.05) is 6.07 Å². The Kier molecular flexibility index (Phi) is 4.68. The highest BCUT2D eigenvalue weighted by Gasteiger charge is 2.37. The van der Waals surface area contributed by atoms with Gasteiger partial charge in [0.1, 0.15) is 23.0 Å². The molecule has 7 nitrogen and oxygen atoms in total. The molecule has 0 aromatic carbocycles. The first kappa shape index (κ1) is 16.9. The molecule has 1 amide bonds. The Balaban J connectivity index is 2.19. The molecule has 7 heteroatoms. The molecule has 1 aliphatic rings. The minimum atomic E-state index is -1.20. The van der Waals surface area contributed by atoms with Crippen LogP contribution in [-0.2, 0) is 9.53 Å². The molecule has 2 rings (SSSR count). The van der Waals surface area contributed by atoms with Crippen molar-refractivity contribution in [2.75, 3.05) is 6.54 Å². The first-order valence-electron chi connectivity index (χ1n) is 7.43. The molecule has 2 heterocycles. The highest BCUT2D eigenvalue weighted by Crippen LogP contribution is 2.23. The lowest BCUT2D eigenvalue weighted by Crippen LogP contribution is -2.43. The van der Waals surface area contributed by atoms with Crippen LogP contribution >= 0.6 is 0 Å². The van der Waals surface area contributed by atoms with Crippen LogP contribution in [0.2, 0.25) is 0 Å². The monoisotopic (exact) mass is 320 g/mol. The quantitative estimate of drug-likeness (QED) is 0.852. The van der Waals surface area contributed by atoms with Gasteiger partial charge in [-0.3, -0.25) is 4.79 Å². The van der Waals surface area contributed by atoms with Gasteiger partial charge in [0.05, 0.1) is 0 Å². The number of hydrogen-bond acceptors (Lipinski definition) is 5. The van der Waals surface area contributed by atoms with E-state index >= 15 is 0 Å². The second-order valence-corrected chi connectivity index (χ2v) is 6.40. The number of hydrogen-bond donors (Lipinski definition) is 1. The number of nitrogens with zero attached hydrogens (tertiary/aromatic N) is 2. The van der Waals surface area contributed by atoms with E-state index in [1.54, 1.807) is 20.8 Å². The van der Waals surface area contributed by atoms with Gasteiger partial charge in [0, 0.05) is 6.54 Å². The maximum atomic E-state index is 12.6. The summed E-state index contributed by atoms with van der Waals surface area (Å²) in [6.45, 7) is 5.72. The van der Waals surface area contributed by atoms with Crippen molar-refractivity contribution in [3.8, 4) is 0 Å². The van der Waals surface area contributed by atoms with Crippen LogP contribution in [0.4, 0.5) is 0 Å². The zero-order valence-electron chi connectivity index (χ0n) is 13.4. The summed E-state index contributed by atoms with van der Waals surface area (Å²) in [7, 11) is 0. The topological polar surface area (TPSA) is 96.8 Å². The molecule has 0 aliphatic carbocycles. The number of ether oxygens (including phenoxy) is 1. The Morgan fingerprint density at radius 3 is 2.52 bits per heavy atom. The molecule has 124 valence electrons. The molecule has 1 fully saturated rings. The van der Waals surface area contributed by atoms with E-state index < -0.39 is 29.5 Å². The molecular formula is C16H20N2O5. The van der Waals surface area contributed by atoms with E-state index in [0.717, 1.165) is 0 Å². The smallest absolute Gasteiger partial charge is 0.354 e. The van der Waals surface area contributed by atoms with Gasteiger partial charge >= 0.3 is 11.9 Å². The number of carbonyl (C=O) groups excluding carboxylic acids is 2. The molecule has 0 bridgehead atoms. The molecule has 1 atom stereocenters. The molecule has 0 saturated carbocycles. The Morgan fingerprint density at radius 2 is 1.91 bits per heavy atom. The minimum Gasteiger partial charge on any atom is -0.477 e. The summed E-state index contributed by atoms with van der Waals surface area (Å²) in [5.74, 6) is -2.11. The molecule has 0 unspecified atom stereocenters. The van der Waals surface area contributed by atoms with E-state index in [1.807, 2.05) is 0 Å². The zero-order valence-corrected chi connectivity index (χ0v) is 13.4. The van der Waals surface area contributed by atoms with Crippen LogP contribution in [0.1, 0.15) is 54.6 Å². The van der Waals surface area contributed by atoms with Crippen molar-refractivity contribution in [1.29, 1.82) is 0 Å². The number of likely N-dealkylation sites (tertiary alicyclic amines) is 1. The lowest BCUT2D eigenvalue weighted by atomic mass is 10.1. The number of esters is 1. The predicted molar refractivity (Wildman–Crippen MR) is 81.1 cm³/mol. The SMILES string of the molecule is CC(C)(C)OC(=O)[C@@H]1CCCN1C(=O)c1cccc(C(=O)O)n1. The number of carbonyl (C=O) groups is 3. The van der Waals surface area contributed by atoms with Crippen molar-refractivity contribution in [2.45, 2.75) is 45.3 Å². The first-order chi connectivity index (χ1) is 10.7. The maximum Gasteiger partial charge on any atom is 0.354 e. The second-order valence-electron chi connectivity index (χ2n) is 6.40. The van der Waals surface area contributed by atoms with E-state index in [9.17, 15) is 14.4 Å². The minimum absolute atomic E-state index is 0.0142. The van der Waals surface area contributed by atoms with E-state index in [-0.39, 0.29) is 11.4 Å². The van der Waals surface area contributed by atoms with Gasteiger partial charge in [-0.15, -0.1) is 0 Å². The molecule has 1 aromatic heterocycles. The number of aromatic carboxylic acids is 1. The van der Waals surface area contributed by atoms with Crippen LogP contribution in [-0.4, -0.2) is 51.0 Å². The molecular weight excluding hydrogens is 300 g/mol. The van der Waals surface area contributed by atoms with Crippen molar-refractivity contribution >= 4 is 17.8 Å². The van der Waals surface area contributed by atoms with Crippen LogP contribution in [0.15, 0.2) is 18.2 Å². The normalized spacial score (nSPS) is 17.9. The summed E-state index contributed by atoms with van der Waals surface area (Å²) in [5, 5.41) is 8.96. The van der Waals surface area contributed by atoms with E-state index in [2.05, 4.69) is 4.98 Å². The summed E-state index contributed by atoms with van der Waals surface area (Å²) >= 11 is 0. The zero-order chi connectivity index (χ0) is 17.2. The van der Waals surface area contributed by atoms with Crippen molar-refractivity contribution in [1.82, 2.24) is 9.88 Å². The third kappa shape index (κ3) is 4.06. The van der Waals surface area contributed by atoms with Crippen molar-refractivity contribution < 1.29 is 24.2 Å². The number of amides is 1. The standard InChI is InChI=1S/C16H20N2O5/c1-16(2,3)23-15(22)12-8-5-9-18(12)13(19)10-6-4-7-11(17-10)14(20)21/h4,6-7,12H,5,8-9H2,1-3H3,(H,20,21)/t12-/m0/s1. The van der Waals surface area contributed by atoms with Gasteiger partial charge in [0.15, 0.2) is 0 Å². The Bertz CT molecular complexity index is 636. The molecule has 23 heavy (non-hydrogen) atoms. The predicted octanol–water partition coefficient (Wildman–Crippen LogP) is 1.73. The summed E-state index contributed by atoms with van der Waals surface area (Å²) in [4.78, 5) is 41.0. The van der Waals surface area contributed by atoms with E-state index in [0.29, 0.717) is 19.4 Å². The Morgan fingerprint density at radius 1 is 1.26 bits per heavy atom. The molecule has 1 aromatic rings. The summed E-state index contributed by atoms with van der Waals surface area (Å²) < 4.78 is 5.35. The number of carboxylic acids is 1. The highest BCUT2D eigenvalue weighted by molar-refractivity contribution is 5.96. The fourth-order valence-electron chi connectivity index (χ4n) is 2.44. The lowest BCUT2D eigenvalue weighted by molar-refractivity contribution is -0.159. The first-order valence-corrected chi connectivity index (χ1v) is 7.43. The third-order valence-corrected chi connectivity index (χ3v) is 3.38. The van der Waals surface area contributed by atoms with Crippen LogP contribution < -0.4 is 0 Å². The van der Waals surface area contributed by atoms with Gasteiger partial charge in [-0.2, -0.15) is 0 Å². The van der Waals surface area contributed by atoms with Crippen molar-refractivity contribution in [3.05, 3.63) is 29.6 Å². The van der Waals surface area contributed by atoms with Gasteiger partial charge in [-0.25, -0.2) is 14.6 Å². The van der Waals surface area contributed by atoms with E-state index in [4.69, 9.17) is 9.84 Å². The fourth-order valence-corrected chi connectivity index (χ4v) is 2.44. The Labute approximate surface area is 134 Å². The van der Waals surface area contributed by atoms with Crippen LogP contribution in [0, 0.1) is 0 Å². The molecule has 0 spiro atoms. The molecule has 1 aliphatic heterocycles. The van der Waals surface area contributed by atoms with Crippen LogP contribution in [0.25, 0.3) is 0 Å². The molecule has 1 saturated heterocycles. The molecule has 1 N–H and O–H groups in total. The van der Waals surface area contributed by atoms with E-state index in [1.165, 1.54) is 23.1 Å². The fraction of sp³-hybridized carbons (Fsp3) is 0.500. The van der Waals surface area contributed by atoms with Gasteiger partial charge in [0.25, 0.3) is 5.91 Å². The number of aromatic nitrogens is 1. The van der Waals surface area contributed by atoms with Crippen molar-refractivity contribution in [3.63, 3.8) is 0 Å². The Hall–Kier alpha value is -2.44. The lowest BCUT2D eigenvalue weighted by Gasteiger charge is -2.27. The molecule has 0 radical (unpaired) electrons. The number of rotatable bonds is 3. The average molecular weight is 320 g/mol. The largest absolute Gasteiger partial charge is 0.477 e. The second kappa shape index (κ2) is 6.36. The number of carboxylic acid groups (broad SMARTS) is 1. The summed E-state index contributed by atoms with van der Waals surface area (Å²) in [6.07, 6.45) is 1.22. The van der Waals surface area contributed by atoms with Crippen molar-refractivity contribution in [2.24, 2.45) is 0 Å².